The smallest absolute Gasteiger partial charge is 0.265 e. The van der Waals surface area contributed by atoms with Crippen molar-refractivity contribution in [3.8, 4) is 11.5 Å². The number of nitrogens with zero attached hydrogens (tertiary/aromatic N) is 1. The molecule has 0 aromatic heterocycles. The second kappa shape index (κ2) is 11.1. The molecule has 0 aliphatic carbocycles. The highest BCUT2D eigenvalue weighted by molar-refractivity contribution is 9.10. The molecule has 156 valence electrons. The van der Waals surface area contributed by atoms with E-state index in [1.54, 1.807) is 42.2 Å². The van der Waals surface area contributed by atoms with E-state index >= 15 is 0 Å². The van der Waals surface area contributed by atoms with Crippen molar-refractivity contribution in [2.75, 3.05) is 25.0 Å². The molecule has 6 nitrogen and oxygen atoms in total. The Hall–Kier alpha value is -2.25. The molecule has 1 unspecified atom stereocenters. The monoisotopic (exact) mass is 482 g/mol. The summed E-state index contributed by atoms with van der Waals surface area (Å²) in [4.78, 5) is 26.1. The van der Waals surface area contributed by atoms with Crippen molar-refractivity contribution in [3.05, 3.63) is 52.0 Å². The van der Waals surface area contributed by atoms with Gasteiger partial charge in [-0.1, -0.05) is 27.5 Å². The van der Waals surface area contributed by atoms with Crippen LogP contribution >= 0.6 is 27.5 Å². The van der Waals surface area contributed by atoms with Crippen LogP contribution in [-0.2, 0) is 9.59 Å². The summed E-state index contributed by atoms with van der Waals surface area (Å²) in [6.45, 7) is 6.64. The fourth-order valence-electron chi connectivity index (χ4n) is 2.52. The molecule has 0 saturated heterocycles. The number of carbonyl (C=O) groups excluding carboxylic acids is 2. The normalized spacial score (nSPS) is 11.5. The summed E-state index contributed by atoms with van der Waals surface area (Å²) in [5, 5.41) is 3.06. The van der Waals surface area contributed by atoms with Gasteiger partial charge in [0.15, 0.2) is 12.7 Å². The molecule has 0 spiro atoms. The first-order chi connectivity index (χ1) is 13.8. The van der Waals surface area contributed by atoms with Crippen molar-refractivity contribution >= 4 is 45.0 Å². The van der Waals surface area contributed by atoms with Gasteiger partial charge in [0.2, 0.25) is 0 Å². The Morgan fingerprint density at radius 3 is 2.38 bits per heavy atom. The van der Waals surface area contributed by atoms with Crippen LogP contribution in [0.15, 0.2) is 46.9 Å². The number of nitrogens with one attached hydrogen (secondary N) is 1. The Morgan fingerprint density at radius 1 is 1.14 bits per heavy atom. The Balaban J connectivity index is 1.92. The Bertz CT molecular complexity index is 841. The lowest BCUT2D eigenvalue weighted by Crippen LogP contribution is -2.34. The highest BCUT2D eigenvalue weighted by atomic mass is 79.9. The number of rotatable bonds is 9. The second-order valence-electron chi connectivity index (χ2n) is 6.20. The third-order valence-corrected chi connectivity index (χ3v) is 4.99. The molecule has 0 fully saturated rings. The van der Waals surface area contributed by atoms with Gasteiger partial charge < -0.3 is 19.7 Å². The van der Waals surface area contributed by atoms with Crippen LogP contribution in [0.4, 0.5) is 5.69 Å². The Kier molecular flexibility index (Phi) is 8.79. The fraction of sp³-hybridized carbons (Fsp3) is 0.333. The molecular formula is C21H24BrClN2O4. The van der Waals surface area contributed by atoms with Crippen molar-refractivity contribution in [3.63, 3.8) is 0 Å². The van der Waals surface area contributed by atoms with Crippen molar-refractivity contribution in [2.45, 2.75) is 26.9 Å². The Labute approximate surface area is 184 Å². The first kappa shape index (κ1) is 23.0. The number of carbonyl (C=O) groups is 2. The molecule has 2 rings (SSSR count). The molecule has 2 aromatic rings. The molecule has 29 heavy (non-hydrogen) atoms. The minimum Gasteiger partial charge on any atom is -0.482 e. The summed E-state index contributed by atoms with van der Waals surface area (Å²) >= 11 is 9.58. The van der Waals surface area contributed by atoms with Crippen LogP contribution in [0.3, 0.4) is 0 Å². The lowest BCUT2D eigenvalue weighted by molar-refractivity contribution is -0.133. The van der Waals surface area contributed by atoms with E-state index in [1.165, 1.54) is 0 Å². The minimum atomic E-state index is -0.697. The maximum Gasteiger partial charge on any atom is 0.265 e. The third kappa shape index (κ3) is 6.94. The molecule has 0 heterocycles. The molecule has 1 N–H and O–H groups in total. The Morgan fingerprint density at radius 2 is 1.79 bits per heavy atom. The van der Waals surface area contributed by atoms with Crippen LogP contribution in [0.25, 0.3) is 0 Å². The van der Waals surface area contributed by atoms with Gasteiger partial charge in [0.1, 0.15) is 11.5 Å². The zero-order valence-corrected chi connectivity index (χ0v) is 18.9. The van der Waals surface area contributed by atoms with Gasteiger partial charge in [-0.3, -0.25) is 9.59 Å². The van der Waals surface area contributed by atoms with E-state index in [2.05, 4.69) is 21.2 Å². The van der Waals surface area contributed by atoms with Gasteiger partial charge in [0.25, 0.3) is 11.8 Å². The number of amides is 2. The van der Waals surface area contributed by atoms with E-state index in [0.29, 0.717) is 35.3 Å². The summed E-state index contributed by atoms with van der Waals surface area (Å²) in [5.74, 6) is 0.552. The summed E-state index contributed by atoms with van der Waals surface area (Å²) in [7, 11) is 0. The number of halogens is 2. The van der Waals surface area contributed by atoms with Crippen molar-refractivity contribution in [1.82, 2.24) is 4.90 Å². The molecule has 8 heteroatoms. The number of hydrogen-bond acceptors (Lipinski definition) is 4. The molecule has 0 aliphatic heterocycles. The SMILES string of the molecule is CCN(CC)C(=O)COc1ccc(NC(=O)C(C)Oc2ccc(Br)cc2)cc1Cl. The summed E-state index contributed by atoms with van der Waals surface area (Å²) < 4.78 is 12.1. The summed E-state index contributed by atoms with van der Waals surface area (Å²) in [5.41, 5.74) is 0.508. The van der Waals surface area contributed by atoms with Gasteiger partial charge in [-0.25, -0.2) is 0 Å². The molecule has 1 atom stereocenters. The largest absolute Gasteiger partial charge is 0.482 e. The van der Waals surface area contributed by atoms with Crippen LogP contribution in [-0.4, -0.2) is 42.5 Å². The van der Waals surface area contributed by atoms with Gasteiger partial charge in [0, 0.05) is 23.2 Å². The average Bonchev–Trinajstić information content (AvgIpc) is 2.70. The van der Waals surface area contributed by atoms with Crippen LogP contribution in [0.5, 0.6) is 11.5 Å². The third-order valence-electron chi connectivity index (χ3n) is 4.16. The molecular weight excluding hydrogens is 460 g/mol. The first-order valence-corrected chi connectivity index (χ1v) is 10.4. The van der Waals surface area contributed by atoms with E-state index in [0.717, 1.165) is 4.47 Å². The maximum atomic E-state index is 12.4. The van der Waals surface area contributed by atoms with Crippen molar-refractivity contribution in [1.29, 1.82) is 0 Å². The summed E-state index contributed by atoms with van der Waals surface area (Å²) in [6, 6.07) is 12.1. The van der Waals surface area contributed by atoms with Crippen LogP contribution in [0.1, 0.15) is 20.8 Å². The number of ether oxygens (including phenoxy) is 2. The quantitative estimate of drug-likeness (QED) is 0.559. The predicted octanol–water partition coefficient (Wildman–Crippen LogP) is 4.76. The van der Waals surface area contributed by atoms with Gasteiger partial charge >= 0.3 is 0 Å². The number of likely N-dealkylation sites (N-methyl/N-ethyl adjacent to an activating group) is 1. The fourth-order valence-corrected chi connectivity index (χ4v) is 3.02. The highest BCUT2D eigenvalue weighted by Gasteiger charge is 2.16. The molecule has 0 bridgehead atoms. The standard InChI is InChI=1S/C21H24BrClN2O4/c1-4-25(5-2)20(26)13-28-19-11-8-16(12-18(19)23)24-21(27)14(3)29-17-9-6-15(22)7-10-17/h6-12,14H,4-5,13H2,1-3H3,(H,24,27). The van der Waals surface area contributed by atoms with Crippen LogP contribution < -0.4 is 14.8 Å². The minimum absolute atomic E-state index is 0.0921. The van der Waals surface area contributed by atoms with E-state index in [9.17, 15) is 9.59 Å². The van der Waals surface area contributed by atoms with E-state index < -0.39 is 6.10 Å². The lowest BCUT2D eigenvalue weighted by Gasteiger charge is -2.19. The zero-order chi connectivity index (χ0) is 21.4. The van der Waals surface area contributed by atoms with E-state index in [4.69, 9.17) is 21.1 Å². The van der Waals surface area contributed by atoms with Gasteiger partial charge in [-0.2, -0.15) is 0 Å². The zero-order valence-electron chi connectivity index (χ0n) is 16.6. The van der Waals surface area contributed by atoms with Gasteiger partial charge in [-0.05, 0) is 63.2 Å². The number of benzene rings is 2. The number of anilines is 1. The molecule has 0 aliphatic rings. The first-order valence-electron chi connectivity index (χ1n) is 9.27. The topological polar surface area (TPSA) is 67.9 Å². The summed E-state index contributed by atoms with van der Waals surface area (Å²) in [6.07, 6.45) is -0.697. The number of hydrogen-bond donors (Lipinski definition) is 1. The van der Waals surface area contributed by atoms with Crippen molar-refractivity contribution in [2.24, 2.45) is 0 Å². The van der Waals surface area contributed by atoms with Gasteiger partial charge in [-0.15, -0.1) is 0 Å². The van der Waals surface area contributed by atoms with E-state index in [1.807, 2.05) is 26.0 Å². The van der Waals surface area contributed by atoms with Crippen LogP contribution in [0, 0.1) is 0 Å². The van der Waals surface area contributed by atoms with Gasteiger partial charge in [0.05, 0.1) is 5.02 Å². The molecule has 0 saturated carbocycles. The molecule has 2 aromatic carbocycles. The maximum absolute atomic E-state index is 12.4. The molecule has 0 radical (unpaired) electrons. The second-order valence-corrected chi connectivity index (χ2v) is 7.53. The van der Waals surface area contributed by atoms with Crippen molar-refractivity contribution < 1.29 is 19.1 Å². The average molecular weight is 484 g/mol. The lowest BCUT2D eigenvalue weighted by atomic mass is 10.2. The van der Waals surface area contributed by atoms with E-state index in [-0.39, 0.29) is 18.4 Å². The molecule has 2 amide bonds. The van der Waals surface area contributed by atoms with Crippen LogP contribution in [0.2, 0.25) is 5.02 Å². The highest BCUT2D eigenvalue weighted by Crippen LogP contribution is 2.28. The predicted molar refractivity (Wildman–Crippen MR) is 118 cm³/mol.